The molecule has 0 bridgehead atoms. The van der Waals surface area contributed by atoms with E-state index in [0.29, 0.717) is 31.4 Å². The molecule has 1 heterocycles. The minimum absolute atomic E-state index is 0.310. The third-order valence-corrected chi connectivity index (χ3v) is 3.93. The summed E-state index contributed by atoms with van der Waals surface area (Å²) in [6.07, 6.45) is 1.12. The summed E-state index contributed by atoms with van der Waals surface area (Å²) in [6, 6.07) is 7.57. The first-order valence-electron chi connectivity index (χ1n) is 6.18. The molecule has 0 amide bonds. The molecule has 0 aliphatic heterocycles. The molecule has 0 spiro atoms. The molecule has 2 aromatic rings. The van der Waals surface area contributed by atoms with Crippen molar-refractivity contribution in [3.63, 3.8) is 0 Å². The molecule has 2 N–H and O–H groups in total. The van der Waals surface area contributed by atoms with Gasteiger partial charge in [0.25, 0.3) is 0 Å². The molecule has 9 heteroatoms. The third kappa shape index (κ3) is 5.20. The SMILES string of the molecule is CS(=O)(=O)NCCNCc1nnc(-c2ccccc2Br)o1. The quantitative estimate of drug-likeness (QED) is 0.705. The monoisotopic (exact) mass is 374 g/mol. The predicted molar refractivity (Wildman–Crippen MR) is 82.0 cm³/mol. The van der Waals surface area contributed by atoms with Crippen LogP contribution < -0.4 is 10.0 Å². The highest BCUT2D eigenvalue weighted by molar-refractivity contribution is 9.10. The van der Waals surface area contributed by atoms with Crippen molar-refractivity contribution in [1.82, 2.24) is 20.2 Å². The van der Waals surface area contributed by atoms with E-state index in [-0.39, 0.29) is 0 Å². The van der Waals surface area contributed by atoms with E-state index in [0.717, 1.165) is 16.3 Å². The standard InChI is InChI=1S/C12H15BrN4O3S/c1-21(18,19)15-7-6-14-8-11-16-17-12(20-11)9-4-2-3-5-10(9)13/h2-5,14-15H,6-8H2,1H3. The third-order valence-electron chi connectivity index (χ3n) is 2.51. The van der Waals surface area contributed by atoms with Crippen LogP contribution in [0.4, 0.5) is 0 Å². The van der Waals surface area contributed by atoms with Gasteiger partial charge in [0.1, 0.15) is 0 Å². The molecule has 2 rings (SSSR count). The average molecular weight is 375 g/mol. The number of halogens is 1. The maximum absolute atomic E-state index is 10.9. The molecule has 0 atom stereocenters. The summed E-state index contributed by atoms with van der Waals surface area (Å²) in [5.41, 5.74) is 0.829. The summed E-state index contributed by atoms with van der Waals surface area (Å²) < 4.78 is 30.6. The molecule has 1 aromatic carbocycles. The zero-order chi connectivity index (χ0) is 15.3. The van der Waals surface area contributed by atoms with Gasteiger partial charge in [0.05, 0.1) is 18.4 Å². The second-order valence-electron chi connectivity index (χ2n) is 4.32. The fourth-order valence-corrected chi connectivity index (χ4v) is 2.52. The Morgan fingerprint density at radius 1 is 1.24 bits per heavy atom. The molecule has 0 saturated heterocycles. The minimum Gasteiger partial charge on any atom is -0.419 e. The molecule has 0 fully saturated rings. The van der Waals surface area contributed by atoms with Crippen LogP contribution in [-0.4, -0.2) is 38.0 Å². The molecule has 114 valence electrons. The largest absolute Gasteiger partial charge is 0.419 e. The number of rotatable bonds is 7. The van der Waals surface area contributed by atoms with E-state index in [1.165, 1.54) is 0 Å². The van der Waals surface area contributed by atoms with E-state index in [9.17, 15) is 8.42 Å². The van der Waals surface area contributed by atoms with Gasteiger partial charge in [0.2, 0.25) is 21.8 Å². The van der Waals surface area contributed by atoms with Crippen LogP contribution >= 0.6 is 15.9 Å². The highest BCUT2D eigenvalue weighted by atomic mass is 79.9. The Hall–Kier alpha value is -1.29. The summed E-state index contributed by atoms with van der Waals surface area (Å²) in [5.74, 6) is 0.883. The Labute approximate surface area is 131 Å². The fraction of sp³-hybridized carbons (Fsp3) is 0.333. The molecule has 1 aromatic heterocycles. The summed E-state index contributed by atoms with van der Waals surface area (Å²) in [4.78, 5) is 0. The Bertz CT molecular complexity index is 702. The lowest BCUT2D eigenvalue weighted by Crippen LogP contribution is -2.30. The highest BCUT2D eigenvalue weighted by Crippen LogP contribution is 2.26. The van der Waals surface area contributed by atoms with Crippen molar-refractivity contribution in [1.29, 1.82) is 0 Å². The van der Waals surface area contributed by atoms with Crippen molar-refractivity contribution in [2.75, 3.05) is 19.3 Å². The van der Waals surface area contributed by atoms with Crippen molar-refractivity contribution < 1.29 is 12.8 Å². The van der Waals surface area contributed by atoms with Crippen LogP contribution in [0.3, 0.4) is 0 Å². The molecule has 0 unspecified atom stereocenters. The van der Waals surface area contributed by atoms with E-state index in [1.54, 1.807) is 0 Å². The lowest BCUT2D eigenvalue weighted by atomic mass is 10.2. The molecular formula is C12H15BrN4O3S. The van der Waals surface area contributed by atoms with Gasteiger partial charge in [0, 0.05) is 17.6 Å². The van der Waals surface area contributed by atoms with Crippen LogP contribution in [0.2, 0.25) is 0 Å². The maximum Gasteiger partial charge on any atom is 0.248 e. The average Bonchev–Trinajstić information content (AvgIpc) is 2.86. The maximum atomic E-state index is 10.9. The number of hydrogen-bond donors (Lipinski definition) is 2. The van der Waals surface area contributed by atoms with Gasteiger partial charge in [-0.05, 0) is 28.1 Å². The predicted octanol–water partition coefficient (Wildman–Crippen LogP) is 1.14. The summed E-state index contributed by atoms with van der Waals surface area (Å²) in [7, 11) is -3.15. The number of hydrogen-bond acceptors (Lipinski definition) is 6. The van der Waals surface area contributed by atoms with Crippen LogP contribution in [0.25, 0.3) is 11.5 Å². The van der Waals surface area contributed by atoms with E-state index in [4.69, 9.17) is 4.42 Å². The highest BCUT2D eigenvalue weighted by Gasteiger charge is 2.10. The first-order chi connectivity index (χ1) is 9.96. The van der Waals surface area contributed by atoms with Crippen molar-refractivity contribution in [3.05, 3.63) is 34.6 Å². The molecule has 21 heavy (non-hydrogen) atoms. The van der Waals surface area contributed by atoms with Crippen LogP contribution in [0, 0.1) is 0 Å². The molecule has 0 saturated carbocycles. The van der Waals surface area contributed by atoms with Gasteiger partial charge in [-0.3, -0.25) is 0 Å². The Morgan fingerprint density at radius 2 is 2.00 bits per heavy atom. The van der Waals surface area contributed by atoms with Gasteiger partial charge < -0.3 is 9.73 Å². The van der Waals surface area contributed by atoms with Gasteiger partial charge in [-0.15, -0.1) is 10.2 Å². The van der Waals surface area contributed by atoms with Gasteiger partial charge in [-0.2, -0.15) is 0 Å². The molecule has 0 radical (unpaired) electrons. The zero-order valence-electron chi connectivity index (χ0n) is 11.3. The van der Waals surface area contributed by atoms with Crippen molar-refractivity contribution in [3.8, 4) is 11.5 Å². The van der Waals surface area contributed by atoms with Crippen LogP contribution in [0.5, 0.6) is 0 Å². The van der Waals surface area contributed by atoms with Crippen LogP contribution in [0.1, 0.15) is 5.89 Å². The van der Waals surface area contributed by atoms with E-state index >= 15 is 0 Å². The second kappa shape index (κ2) is 7.12. The number of benzene rings is 1. The molecule has 0 aliphatic rings. The number of sulfonamides is 1. The smallest absolute Gasteiger partial charge is 0.248 e. The van der Waals surface area contributed by atoms with Gasteiger partial charge in [-0.25, -0.2) is 13.1 Å². The summed E-state index contributed by atoms with van der Waals surface area (Å²) in [5, 5.41) is 10.9. The molecule has 0 aliphatic carbocycles. The molecule has 7 nitrogen and oxygen atoms in total. The van der Waals surface area contributed by atoms with E-state index < -0.39 is 10.0 Å². The molecular weight excluding hydrogens is 360 g/mol. The Morgan fingerprint density at radius 3 is 2.71 bits per heavy atom. The van der Waals surface area contributed by atoms with Gasteiger partial charge >= 0.3 is 0 Å². The normalized spacial score (nSPS) is 11.7. The van der Waals surface area contributed by atoms with Crippen LogP contribution in [0.15, 0.2) is 33.2 Å². The van der Waals surface area contributed by atoms with E-state index in [1.807, 2.05) is 24.3 Å². The van der Waals surface area contributed by atoms with Crippen LogP contribution in [-0.2, 0) is 16.6 Å². The van der Waals surface area contributed by atoms with Crippen molar-refractivity contribution in [2.45, 2.75) is 6.54 Å². The topological polar surface area (TPSA) is 97.1 Å². The van der Waals surface area contributed by atoms with Crippen molar-refractivity contribution in [2.24, 2.45) is 0 Å². The number of aromatic nitrogens is 2. The lowest BCUT2D eigenvalue weighted by molar-refractivity contribution is 0.478. The Balaban J connectivity index is 1.85. The summed E-state index contributed by atoms with van der Waals surface area (Å²) >= 11 is 3.43. The number of nitrogens with one attached hydrogen (secondary N) is 2. The van der Waals surface area contributed by atoms with Gasteiger partial charge in [-0.1, -0.05) is 12.1 Å². The minimum atomic E-state index is -3.15. The van der Waals surface area contributed by atoms with Crippen molar-refractivity contribution >= 4 is 26.0 Å². The Kier molecular flexibility index (Phi) is 5.45. The lowest BCUT2D eigenvalue weighted by Gasteiger charge is -2.02. The zero-order valence-corrected chi connectivity index (χ0v) is 13.7. The summed E-state index contributed by atoms with van der Waals surface area (Å²) in [6.45, 7) is 1.16. The number of nitrogens with zero attached hydrogens (tertiary/aromatic N) is 2. The fourth-order valence-electron chi connectivity index (χ4n) is 1.59. The first-order valence-corrected chi connectivity index (χ1v) is 8.87. The second-order valence-corrected chi connectivity index (χ2v) is 7.01. The first kappa shape index (κ1) is 16.1. The van der Waals surface area contributed by atoms with Gasteiger partial charge in [0.15, 0.2) is 0 Å². The van der Waals surface area contributed by atoms with E-state index in [2.05, 4.69) is 36.2 Å².